The maximum Gasteiger partial charge on any atom is 0.234 e. The van der Waals surface area contributed by atoms with Gasteiger partial charge in [-0.05, 0) is 33.7 Å². The molecule has 1 aliphatic heterocycles. The van der Waals surface area contributed by atoms with Gasteiger partial charge in [0.1, 0.15) is 0 Å². The standard InChI is InChI=1S/C10H20N2O2.ClH/c1-7-4-9(5-8(2)14-7)12-10(13)6-11-3;/h7-9,11H,4-6H2,1-3H3,(H,12,13);1H. The number of halogens is 1. The summed E-state index contributed by atoms with van der Waals surface area (Å²) >= 11 is 0. The Labute approximate surface area is 97.5 Å². The summed E-state index contributed by atoms with van der Waals surface area (Å²) in [6, 6.07) is 0.273. The van der Waals surface area contributed by atoms with Crippen molar-refractivity contribution in [3.05, 3.63) is 0 Å². The van der Waals surface area contributed by atoms with Crippen LogP contribution < -0.4 is 10.6 Å². The maximum atomic E-state index is 11.3. The number of likely N-dealkylation sites (N-methyl/N-ethyl adjacent to an activating group) is 1. The van der Waals surface area contributed by atoms with E-state index in [1.165, 1.54) is 0 Å². The van der Waals surface area contributed by atoms with Crippen LogP contribution in [0.2, 0.25) is 0 Å². The lowest BCUT2D eigenvalue weighted by atomic mass is 10.00. The summed E-state index contributed by atoms with van der Waals surface area (Å²) < 4.78 is 5.59. The van der Waals surface area contributed by atoms with Gasteiger partial charge in [0, 0.05) is 6.04 Å². The van der Waals surface area contributed by atoms with E-state index in [2.05, 4.69) is 10.6 Å². The molecule has 0 aromatic rings. The van der Waals surface area contributed by atoms with Crippen LogP contribution in [0.15, 0.2) is 0 Å². The minimum absolute atomic E-state index is 0. The van der Waals surface area contributed by atoms with E-state index in [0.717, 1.165) is 12.8 Å². The Bertz CT molecular complexity index is 192. The van der Waals surface area contributed by atoms with Gasteiger partial charge in [0.15, 0.2) is 0 Å². The quantitative estimate of drug-likeness (QED) is 0.759. The molecule has 0 radical (unpaired) electrons. The summed E-state index contributed by atoms with van der Waals surface area (Å²) in [6.07, 6.45) is 2.33. The molecule has 0 saturated carbocycles. The van der Waals surface area contributed by atoms with Gasteiger partial charge in [-0.2, -0.15) is 0 Å². The monoisotopic (exact) mass is 236 g/mol. The average molecular weight is 237 g/mol. The lowest BCUT2D eigenvalue weighted by Gasteiger charge is -2.32. The first-order chi connectivity index (χ1) is 6.61. The fraction of sp³-hybridized carbons (Fsp3) is 0.900. The molecule has 1 fully saturated rings. The number of carbonyl (C=O) groups excluding carboxylic acids is 1. The molecule has 2 unspecified atom stereocenters. The number of hydrogen-bond donors (Lipinski definition) is 2. The molecule has 0 aliphatic carbocycles. The van der Waals surface area contributed by atoms with Crippen molar-refractivity contribution >= 4 is 18.3 Å². The van der Waals surface area contributed by atoms with Crippen molar-refractivity contribution in [2.24, 2.45) is 0 Å². The number of rotatable bonds is 3. The van der Waals surface area contributed by atoms with Crippen LogP contribution in [-0.2, 0) is 9.53 Å². The first kappa shape index (κ1) is 14.7. The summed E-state index contributed by atoms with van der Waals surface area (Å²) in [4.78, 5) is 11.3. The van der Waals surface area contributed by atoms with Crippen LogP contribution in [0.25, 0.3) is 0 Å². The van der Waals surface area contributed by atoms with Crippen LogP contribution in [0.1, 0.15) is 26.7 Å². The molecular weight excluding hydrogens is 216 g/mol. The van der Waals surface area contributed by atoms with E-state index in [1.807, 2.05) is 13.8 Å². The Hall–Kier alpha value is -0.320. The van der Waals surface area contributed by atoms with Crippen LogP contribution in [-0.4, -0.2) is 37.7 Å². The van der Waals surface area contributed by atoms with E-state index < -0.39 is 0 Å². The van der Waals surface area contributed by atoms with Crippen molar-refractivity contribution in [1.29, 1.82) is 0 Å². The van der Waals surface area contributed by atoms with Crippen molar-refractivity contribution < 1.29 is 9.53 Å². The van der Waals surface area contributed by atoms with Gasteiger partial charge in [0.2, 0.25) is 5.91 Å². The highest BCUT2D eigenvalue weighted by Crippen LogP contribution is 2.18. The summed E-state index contributed by atoms with van der Waals surface area (Å²) in [6.45, 7) is 4.49. The maximum absolute atomic E-state index is 11.3. The lowest BCUT2D eigenvalue weighted by Crippen LogP contribution is -2.46. The van der Waals surface area contributed by atoms with E-state index in [9.17, 15) is 4.79 Å². The molecule has 15 heavy (non-hydrogen) atoms. The van der Waals surface area contributed by atoms with Crippen LogP contribution in [0.4, 0.5) is 0 Å². The molecular formula is C10H21ClN2O2. The first-order valence-electron chi connectivity index (χ1n) is 5.21. The summed E-state index contributed by atoms with van der Waals surface area (Å²) in [7, 11) is 1.77. The molecule has 2 atom stereocenters. The van der Waals surface area contributed by atoms with Crippen LogP contribution >= 0.6 is 12.4 Å². The molecule has 1 rings (SSSR count). The second-order valence-corrected chi connectivity index (χ2v) is 4.02. The fourth-order valence-corrected chi connectivity index (χ4v) is 1.96. The third-order valence-corrected chi connectivity index (χ3v) is 2.40. The predicted octanol–water partition coefficient (Wildman–Crippen LogP) is 0.700. The van der Waals surface area contributed by atoms with Crippen LogP contribution in [0, 0.1) is 0 Å². The highest BCUT2D eigenvalue weighted by atomic mass is 35.5. The lowest BCUT2D eigenvalue weighted by molar-refractivity contribution is -0.122. The number of nitrogens with one attached hydrogen (secondary N) is 2. The zero-order valence-corrected chi connectivity index (χ0v) is 10.4. The zero-order chi connectivity index (χ0) is 10.6. The van der Waals surface area contributed by atoms with Gasteiger partial charge in [-0.3, -0.25) is 4.79 Å². The van der Waals surface area contributed by atoms with Gasteiger partial charge in [-0.25, -0.2) is 0 Å². The largest absolute Gasteiger partial charge is 0.375 e. The van der Waals surface area contributed by atoms with E-state index in [0.29, 0.717) is 6.54 Å². The minimum Gasteiger partial charge on any atom is -0.375 e. The summed E-state index contributed by atoms with van der Waals surface area (Å²) in [5.41, 5.74) is 0. The molecule has 1 aliphatic rings. The number of amides is 1. The molecule has 0 aromatic heterocycles. The van der Waals surface area contributed by atoms with E-state index in [4.69, 9.17) is 4.74 Å². The summed E-state index contributed by atoms with van der Waals surface area (Å²) in [5, 5.41) is 5.84. The van der Waals surface area contributed by atoms with Crippen molar-refractivity contribution in [2.75, 3.05) is 13.6 Å². The molecule has 0 spiro atoms. The minimum atomic E-state index is 0. The third-order valence-electron chi connectivity index (χ3n) is 2.40. The highest BCUT2D eigenvalue weighted by molar-refractivity contribution is 5.85. The SMILES string of the molecule is CNCC(=O)NC1CC(C)OC(C)C1.Cl. The van der Waals surface area contributed by atoms with Gasteiger partial charge in [-0.1, -0.05) is 0 Å². The molecule has 2 N–H and O–H groups in total. The number of carbonyl (C=O) groups is 1. The van der Waals surface area contributed by atoms with Crippen LogP contribution in [0.3, 0.4) is 0 Å². The summed E-state index contributed by atoms with van der Waals surface area (Å²) in [5.74, 6) is 0.0683. The van der Waals surface area contributed by atoms with E-state index in [-0.39, 0.29) is 36.6 Å². The Balaban J connectivity index is 0.00000196. The Kier molecular flexibility index (Phi) is 6.89. The van der Waals surface area contributed by atoms with Crippen molar-refractivity contribution in [3.63, 3.8) is 0 Å². The molecule has 1 amide bonds. The average Bonchev–Trinajstić information content (AvgIpc) is 2.01. The molecule has 0 bridgehead atoms. The Morgan fingerprint density at radius 3 is 2.33 bits per heavy atom. The number of hydrogen-bond acceptors (Lipinski definition) is 3. The highest BCUT2D eigenvalue weighted by Gasteiger charge is 2.25. The van der Waals surface area contributed by atoms with Gasteiger partial charge in [-0.15, -0.1) is 12.4 Å². The first-order valence-corrected chi connectivity index (χ1v) is 5.21. The normalized spacial score (nSPS) is 30.5. The molecule has 5 heteroatoms. The topological polar surface area (TPSA) is 50.4 Å². The number of ether oxygens (including phenoxy) is 1. The molecule has 1 heterocycles. The van der Waals surface area contributed by atoms with Crippen molar-refractivity contribution in [2.45, 2.75) is 44.9 Å². The second kappa shape index (κ2) is 7.04. The molecule has 4 nitrogen and oxygen atoms in total. The van der Waals surface area contributed by atoms with Gasteiger partial charge >= 0.3 is 0 Å². The van der Waals surface area contributed by atoms with Gasteiger partial charge in [0.25, 0.3) is 0 Å². The van der Waals surface area contributed by atoms with Gasteiger partial charge < -0.3 is 15.4 Å². The van der Waals surface area contributed by atoms with Crippen molar-refractivity contribution in [3.8, 4) is 0 Å². The molecule has 1 saturated heterocycles. The smallest absolute Gasteiger partial charge is 0.234 e. The second-order valence-electron chi connectivity index (χ2n) is 4.02. The predicted molar refractivity (Wildman–Crippen MR) is 62.3 cm³/mol. The third kappa shape index (κ3) is 5.35. The van der Waals surface area contributed by atoms with Crippen LogP contribution in [0.5, 0.6) is 0 Å². The van der Waals surface area contributed by atoms with Gasteiger partial charge in [0.05, 0.1) is 18.8 Å². The fourth-order valence-electron chi connectivity index (χ4n) is 1.96. The molecule has 90 valence electrons. The van der Waals surface area contributed by atoms with E-state index in [1.54, 1.807) is 7.05 Å². The van der Waals surface area contributed by atoms with E-state index >= 15 is 0 Å². The Morgan fingerprint density at radius 2 is 1.87 bits per heavy atom. The van der Waals surface area contributed by atoms with Crippen molar-refractivity contribution in [1.82, 2.24) is 10.6 Å². The Morgan fingerprint density at radius 1 is 1.33 bits per heavy atom. The molecule has 0 aromatic carbocycles. The zero-order valence-electron chi connectivity index (χ0n) is 9.58.